The summed E-state index contributed by atoms with van der Waals surface area (Å²) < 4.78 is 0.480. The van der Waals surface area contributed by atoms with Crippen LogP contribution in [0.1, 0.15) is 35.4 Å². The maximum Gasteiger partial charge on any atom is 0.261 e. The van der Waals surface area contributed by atoms with E-state index in [0.29, 0.717) is 20.3 Å². The van der Waals surface area contributed by atoms with Gasteiger partial charge in [-0.3, -0.25) is 4.79 Å². The van der Waals surface area contributed by atoms with Gasteiger partial charge in [0.2, 0.25) is 0 Å². The fourth-order valence-electron chi connectivity index (χ4n) is 1.79. The van der Waals surface area contributed by atoms with E-state index in [0.717, 1.165) is 12.8 Å². The van der Waals surface area contributed by atoms with E-state index in [1.165, 1.54) is 24.2 Å². The molecule has 1 aliphatic carbocycles. The monoisotopic (exact) mass is 263 g/mol. The number of carbonyl (C=O) groups is 1. The summed E-state index contributed by atoms with van der Waals surface area (Å²) in [7, 11) is 0. The maximum absolute atomic E-state index is 11.7. The average molecular weight is 264 g/mol. The molecule has 2 nitrogen and oxygen atoms in total. The van der Waals surface area contributed by atoms with Crippen molar-refractivity contribution in [3.8, 4) is 0 Å². The van der Waals surface area contributed by atoms with Gasteiger partial charge in [0, 0.05) is 6.04 Å². The molecule has 1 N–H and O–H groups in total. The molecule has 0 aliphatic heterocycles. The molecule has 0 bridgehead atoms. The van der Waals surface area contributed by atoms with Gasteiger partial charge in [-0.25, -0.2) is 0 Å². The summed E-state index contributed by atoms with van der Waals surface area (Å²) in [5.74, 6) is -0.0549. The van der Waals surface area contributed by atoms with Gasteiger partial charge in [0.1, 0.15) is 4.34 Å². The lowest BCUT2D eigenvalue weighted by Crippen LogP contribution is -2.31. The minimum absolute atomic E-state index is 0.0549. The van der Waals surface area contributed by atoms with Crippen molar-refractivity contribution >= 4 is 40.4 Å². The topological polar surface area (TPSA) is 29.1 Å². The normalized spacial score (nSPS) is 16.9. The largest absolute Gasteiger partial charge is 0.349 e. The highest BCUT2D eigenvalue weighted by molar-refractivity contribution is 7.18. The molecule has 1 amide bonds. The first kappa shape index (κ1) is 11.2. The van der Waals surface area contributed by atoms with E-state index in [2.05, 4.69) is 5.32 Å². The Morgan fingerprint density at radius 1 is 1.40 bits per heavy atom. The van der Waals surface area contributed by atoms with Crippen molar-refractivity contribution in [2.45, 2.75) is 31.7 Å². The van der Waals surface area contributed by atoms with Crippen LogP contribution < -0.4 is 5.32 Å². The molecule has 1 aromatic rings. The van der Waals surface area contributed by atoms with Gasteiger partial charge in [-0.1, -0.05) is 36.0 Å². The van der Waals surface area contributed by atoms with Crippen molar-refractivity contribution in [2.24, 2.45) is 0 Å². The van der Waals surface area contributed by atoms with E-state index in [4.69, 9.17) is 23.2 Å². The van der Waals surface area contributed by atoms with Crippen LogP contribution in [0, 0.1) is 0 Å². The number of amides is 1. The maximum atomic E-state index is 11.7. The number of hydrogen-bond acceptors (Lipinski definition) is 2. The molecule has 1 aromatic heterocycles. The number of carbonyl (C=O) groups excluding carboxylic acids is 1. The van der Waals surface area contributed by atoms with Crippen LogP contribution in [0.5, 0.6) is 0 Å². The summed E-state index contributed by atoms with van der Waals surface area (Å²) in [5, 5.41) is 3.45. The number of halogens is 2. The molecule has 5 heteroatoms. The highest BCUT2D eigenvalue weighted by atomic mass is 35.5. The Balaban J connectivity index is 2.00. The fourth-order valence-corrected chi connectivity index (χ4v) is 3.06. The third-order valence-electron chi connectivity index (χ3n) is 2.56. The van der Waals surface area contributed by atoms with E-state index in [-0.39, 0.29) is 5.91 Å². The molecular weight excluding hydrogens is 253 g/mol. The zero-order valence-corrected chi connectivity index (χ0v) is 10.4. The van der Waals surface area contributed by atoms with Gasteiger partial charge in [-0.2, -0.15) is 0 Å². The predicted octanol–water partition coefficient (Wildman–Crippen LogP) is 3.73. The smallest absolute Gasteiger partial charge is 0.261 e. The first-order valence-corrected chi connectivity index (χ1v) is 6.50. The van der Waals surface area contributed by atoms with Crippen LogP contribution in [0.25, 0.3) is 0 Å². The molecule has 2 rings (SSSR count). The van der Waals surface area contributed by atoms with Crippen molar-refractivity contribution < 1.29 is 4.79 Å². The Morgan fingerprint density at radius 2 is 2.07 bits per heavy atom. The SMILES string of the molecule is O=C(NC1CCCC1)c1cc(Cl)c(Cl)s1. The number of thiophene rings is 1. The first-order valence-electron chi connectivity index (χ1n) is 4.92. The van der Waals surface area contributed by atoms with E-state index >= 15 is 0 Å². The summed E-state index contributed by atoms with van der Waals surface area (Å²) >= 11 is 12.8. The van der Waals surface area contributed by atoms with Gasteiger partial charge < -0.3 is 5.32 Å². The molecule has 15 heavy (non-hydrogen) atoms. The standard InChI is InChI=1S/C10H11Cl2NOS/c11-7-5-8(15-9(7)12)10(14)13-6-3-1-2-4-6/h5-6H,1-4H2,(H,13,14). The Labute approximate surface area is 103 Å². The molecule has 0 atom stereocenters. The number of nitrogens with one attached hydrogen (secondary N) is 1. The molecule has 0 aromatic carbocycles. The first-order chi connectivity index (χ1) is 7.16. The number of rotatable bonds is 2. The zero-order valence-electron chi connectivity index (χ0n) is 8.06. The molecule has 1 heterocycles. The number of hydrogen-bond donors (Lipinski definition) is 1. The molecule has 82 valence electrons. The Morgan fingerprint density at radius 3 is 2.60 bits per heavy atom. The third-order valence-corrected chi connectivity index (χ3v) is 4.42. The lowest BCUT2D eigenvalue weighted by molar-refractivity contribution is 0.0942. The second kappa shape index (κ2) is 4.73. The van der Waals surface area contributed by atoms with Gasteiger partial charge in [0.25, 0.3) is 5.91 Å². The highest BCUT2D eigenvalue weighted by Gasteiger charge is 2.19. The van der Waals surface area contributed by atoms with E-state index < -0.39 is 0 Å². The van der Waals surface area contributed by atoms with Crippen LogP contribution in [0.2, 0.25) is 9.36 Å². The van der Waals surface area contributed by atoms with Gasteiger partial charge >= 0.3 is 0 Å². The molecule has 0 unspecified atom stereocenters. The minimum atomic E-state index is -0.0549. The summed E-state index contributed by atoms with van der Waals surface area (Å²) in [6.45, 7) is 0. The second-order valence-electron chi connectivity index (χ2n) is 3.69. The Bertz CT molecular complexity index is 352. The highest BCUT2D eigenvalue weighted by Crippen LogP contribution is 2.31. The molecule has 0 saturated heterocycles. The van der Waals surface area contributed by atoms with Crippen LogP contribution in [0.15, 0.2) is 6.07 Å². The molecule has 1 aliphatic rings. The van der Waals surface area contributed by atoms with Crippen LogP contribution in [0.4, 0.5) is 0 Å². The van der Waals surface area contributed by atoms with E-state index in [1.807, 2.05) is 0 Å². The second-order valence-corrected chi connectivity index (χ2v) is 5.75. The molecule has 1 fully saturated rings. The third kappa shape index (κ3) is 2.65. The van der Waals surface area contributed by atoms with Crippen molar-refractivity contribution in [1.82, 2.24) is 5.32 Å². The molecular formula is C10H11Cl2NOS. The van der Waals surface area contributed by atoms with Crippen molar-refractivity contribution in [3.05, 3.63) is 20.3 Å². The van der Waals surface area contributed by atoms with Gasteiger partial charge in [0.05, 0.1) is 9.90 Å². The molecule has 1 saturated carbocycles. The van der Waals surface area contributed by atoms with Crippen LogP contribution >= 0.6 is 34.5 Å². The van der Waals surface area contributed by atoms with Crippen molar-refractivity contribution in [1.29, 1.82) is 0 Å². The summed E-state index contributed by atoms with van der Waals surface area (Å²) in [6.07, 6.45) is 4.57. The Kier molecular flexibility index (Phi) is 3.54. The average Bonchev–Trinajstić information content (AvgIpc) is 2.78. The predicted molar refractivity (Wildman–Crippen MR) is 64.1 cm³/mol. The Hall–Kier alpha value is -0.250. The van der Waals surface area contributed by atoms with Crippen molar-refractivity contribution in [2.75, 3.05) is 0 Å². The van der Waals surface area contributed by atoms with E-state index in [1.54, 1.807) is 6.07 Å². The molecule has 0 spiro atoms. The molecule has 0 radical (unpaired) electrons. The van der Waals surface area contributed by atoms with Crippen LogP contribution in [-0.4, -0.2) is 11.9 Å². The minimum Gasteiger partial charge on any atom is -0.349 e. The summed E-state index contributed by atoms with van der Waals surface area (Å²) in [4.78, 5) is 12.3. The lowest BCUT2D eigenvalue weighted by Gasteiger charge is -2.10. The van der Waals surface area contributed by atoms with E-state index in [9.17, 15) is 4.79 Å². The fraction of sp³-hybridized carbons (Fsp3) is 0.500. The van der Waals surface area contributed by atoms with Crippen LogP contribution in [-0.2, 0) is 0 Å². The van der Waals surface area contributed by atoms with Gasteiger partial charge in [-0.05, 0) is 18.9 Å². The van der Waals surface area contributed by atoms with Gasteiger partial charge in [-0.15, -0.1) is 11.3 Å². The quantitative estimate of drug-likeness (QED) is 0.866. The summed E-state index contributed by atoms with van der Waals surface area (Å²) in [5.41, 5.74) is 0. The summed E-state index contributed by atoms with van der Waals surface area (Å²) in [6, 6.07) is 1.95. The zero-order chi connectivity index (χ0) is 10.8. The van der Waals surface area contributed by atoms with Crippen LogP contribution in [0.3, 0.4) is 0 Å². The lowest BCUT2D eigenvalue weighted by atomic mass is 10.2. The van der Waals surface area contributed by atoms with Crippen molar-refractivity contribution in [3.63, 3.8) is 0 Å². The van der Waals surface area contributed by atoms with Gasteiger partial charge in [0.15, 0.2) is 0 Å².